The number of benzene rings is 5. The lowest BCUT2D eigenvalue weighted by atomic mass is 10.1. The lowest BCUT2D eigenvalue weighted by Gasteiger charge is -2.11. The van der Waals surface area contributed by atoms with Crippen LogP contribution in [0.2, 0.25) is 0 Å². The third-order valence-corrected chi connectivity index (χ3v) is 7.94. The first-order valence-corrected chi connectivity index (χ1v) is 13.1. The van der Waals surface area contributed by atoms with Crippen LogP contribution in [0.15, 0.2) is 128 Å². The Kier molecular flexibility index (Phi) is 4.02. The first-order chi connectivity index (χ1) is 19.3. The third kappa shape index (κ3) is 2.80. The number of ether oxygens (including phenoxy) is 1. The van der Waals surface area contributed by atoms with Crippen molar-refractivity contribution in [2.45, 2.75) is 0 Å². The summed E-state index contributed by atoms with van der Waals surface area (Å²) in [6.07, 6.45) is 1.86. The topological polar surface area (TPSA) is 31.5 Å². The summed E-state index contributed by atoms with van der Waals surface area (Å²) >= 11 is 0. The first-order valence-electron chi connectivity index (χ1n) is 13.1. The molecule has 39 heavy (non-hydrogen) atoms. The van der Waals surface area contributed by atoms with Crippen LogP contribution in [0.4, 0.5) is 0 Å². The van der Waals surface area contributed by atoms with Gasteiger partial charge in [-0.15, -0.1) is 0 Å². The third-order valence-electron chi connectivity index (χ3n) is 7.94. The second-order valence-corrected chi connectivity index (χ2v) is 10.1. The van der Waals surface area contributed by atoms with Crippen molar-refractivity contribution < 1.29 is 4.74 Å². The van der Waals surface area contributed by atoms with Gasteiger partial charge in [-0.3, -0.25) is 4.40 Å². The van der Waals surface area contributed by atoms with Gasteiger partial charge >= 0.3 is 0 Å². The van der Waals surface area contributed by atoms with E-state index in [1.54, 1.807) is 0 Å². The molecule has 0 atom stereocenters. The molecule has 0 saturated carbocycles. The van der Waals surface area contributed by atoms with E-state index >= 15 is 0 Å². The maximum absolute atomic E-state index is 6.50. The summed E-state index contributed by atoms with van der Waals surface area (Å²) < 4.78 is 11.1. The number of nitrogens with zero attached hydrogens (tertiary/aromatic N) is 3. The second-order valence-electron chi connectivity index (χ2n) is 10.1. The predicted molar refractivity (Wildman–Crippen MR) is 160 cm³/mol. The lowest BCUT2D eigenvalue weighted by molar-refractivity contribution is 0.483. The van der Waals surface area contributed by atoms with Gasteiger partial charge in [0, 0.05) is 56.3 Å². The van der Waals surface area contributed by atoms with Crippen molar-refractivity contribution in [2.24, 2.45) is 0 Å². The van der Waals surface area contributed by atoms with E-state index < -0.39 is 0 Å². The average Bonchev–Trinajstić information content (AvgIpc) is 3.62. The Balaban J connectivity index is 1.20. The Morgan fingerprint density at radius 2 is 1.13 bits per heavy atom. The largest absolute Gasteiger partial charge is 0.457 e. The molecule has 9 aromatic rings. The van der Waals surface area contributed by atoms with Crippen LogP contribution >= 0.6 is 0 Å². The van der Waals surface area contributed by atoms with Gasteiger partial charge in [-0.1, -0.05) is 60.7 Å². The Bertz CT molecular complexity index is 2320. The molecule has 4 heterocycles. The van der Waals surface area contributed by atoms with Crippen LogP contribution in [0.3, 0.4) is 0 Å². The molecule has 0 fully saturated rings. The maximum Gasteiger partial charge on any atom is 0.145 e. The normalized spacial score (nSPS) is 12.1. The minimum atomic E-state index is 0.797. The van der Waals surface area contributed by atoms with E-state index in [1.165, 1.54) is 48.9 Å². The van der Waals surface area contributed by atoms with E-state index in [4.69, 9.17) is 9.72 Å². The molecule has 0 unspecified atom stereocenters. The Morgan fingerprint density at radius 1 is 0.487 bits per heavy atom. The molecule has 0 amide bonds. The predicted octanol–water partition coefficient (Wildman–Crippen LogP) is 9.12. The number of pyridine rings is 1. The van der Waals surface area contributed by atoms with Crippen molar-refractivity contribution in [1.82, 2.24) is 14.0 Å². The molecule has 0 aliphatic heterocycles. The van der Waals surface area contributed by atoms with Gasteiger partial charge in [0.05, 0.1) is 22.1 Å². The molecule has 5 aromatic carbocycles. The zero-order chi connectivity index (χ0) is 25.5. The summed E-state index contributed by atoms with van der Waals surface area (Å²) in [5.74, 6) is 1.59. The van der Waals surface area contributed by atoms with Crippen LogP contribution in [-0.4, -0.2) is 14.0 Å². The zero-order valence-electron chi connectivity index (χ0n) is 20.9. The molecule has 0 radical (unpaired) electrons. The number of aromatic nitrogens is 3. The van der Waals surface area contributed by atoms with E-state index in [0.717, 1.165) is 28.4 Å². The highest BCUT2D eigenvalue weighted by atomic mass is 16.5. The minimum absolute atomic E-state index is 0.797. The first kappa shape index (κ1) is 20.7. The number of rotatable bonds is 3. The monoisotopic (exact) mass is 499 g/mol. The van der Waals surface area contributed by atoms with E-state index in [1.807, 2.05) is 18.3 Å². The number of hydrogen-bond donors (Lipinski definition) is 0. The molecule has 0 aliphatic rings. The van der Waals surface area contributed by atoms with Crippen molar-refractivity contribution >= 4 is 60.0 Å². The quantitative estimate of drug-likeness (QED) is 0.243. The van der Waals surface area contributed by atoms with Gasteiger partial charge in [0.15, 0.2) is 0 Å². The molecule has 4 nitrogen and oxygen atoms in total. The van der Waals surface area contributed by atoms with Crippen LogP contribution < -0.4 is 4.74 Å². The van der Waals surface area contributed by atoms with Crippen LogP contribution in [0.1, 0.15) is 0 Å². The van der Waals surface area contributed by atoms with Crippen molar-refractivity contribution in [3.63, 3.8) is 0 Å². The number of fused-ring (bicyclic) bond motifs is 9. The van der Waals surface area contributed by atoms with Crippen molar-refractivity contribution in [2.75, 3.05) is 0 Å². The van der Waals surface area contributed by atoms with Crippen molar-refractivity contribution in [1.29, 1.82) is 0 Å². The zero-order valence-corrected chi connectivity index (χ0v) is 20.9. The molecule has 9 rings (SSSR count). The van der Waals surface area contributed by atoms with Gasteiger partial charge in [0.2, 0.25) is 0 Å². The highest BCUT2D eigenvalue weighted by Gasteiger charge is 2.18. The van der Waals surface area contributed by atoms with Crippen LogP contribution in [-0.2, 0) is 0 Å². The summed E-state index contributed by atoms with van der Waals surface area (Å²) in [4.78, 5) is 4.74. The molecule has 4 aromatic heterocycles. The van der Waals surface area contributed by atoms with E-state index in [9.17, 15) is 0 Å². The summed E-state index contributed by atoms with van der Waals surface area (Å²) in [6, 6.07) is 42.5. The van der Waals surface area contributed by atoms with E-state index in [0.29, 0.717) is 0 Å². The van der Waals surface area contributed by atoms with Crippen molar-refractivity contribution in [3.8, 4) is 17.2 Å². The van der Waals surface area contributed by atoms with Gasteiger partial charge in [-0.2, -0.15) is 0 Å². The fraction of sp³-hybridized carbons (Fsp3) is 0. The van der Waals surface area contributed by atoms with Crippen LogP contribution in [0.25, 0.3) is 65.7 Å². The summed E-state index contributed by atoms with van der Waals surface area (Å²) in [5.41, 5.74) is 6.73. The Morgan fingerprint density at radius 3 is 1.95 bits per heavy atom. The Labute approximate surface area is 223 Å². The van der Waals surface area contributed by atoms with E-state index in [2.05, 4.69) is 118 Å². The van der Waals surface area contributed by atoms with Crippen LogP contribution in [0.5, 0.6) is 11.5 Å². The van der Waals surface area contributed by atoms with Gasteiger partial charge < -0.3 is 9.30 Å². The summed E-state index contributed by atoms with van der Waals surface area (Å²) in [7, 11) is 0. The molecule has 0 saturated heterocycles. The molecule has 0 bridgehead atoms. The molecule has 0 spiro atoms. The van der Waals surface area contributed by atoms with Crippen LogP contribution in [0, 0.1) is 0 Å². The van der Waals surface area contributed by atoms with Gasteiger partial charge in [-0.05, 0) is 48.5 Å². The highest BCUT2D eigenvalue weighted by Crippen LogP contribution is 2.40. The second kappa shape index (κ2) is 7.59. The minimum Gasteiger partial charge on any atom is -0.457 e. The highest BCUT2D eigenvalue weighted by molar-refractivity contribution is 6.22. The summed E-state index contributed by atoms with van der Waals surface area (Å²) in [5, 5.41) is 7.33. The molecule has 4 heteroatoms. The molecule has 0 N–H and O–H groups in total. The SMILES string of the molecule is c1cc(Oc2ccc3c4cccc5c6cccnc6n(c3c2)c45)cc(-n2c3ccccc3c3ccccc32)c1. The smallest absolute Gasteiger partial charge is 0.145 e. The van der Waals surface area contributed by atoms with Gasteiger partial charge in [0.1, 0.15) is 17.1 Å². The molecule has 0 aliphatic carbocycles. The maximum atomic E-state index is 6.50. The average molecular weight is 500 g/mol. The fourth-order valence-corrected chi connectivity index (χ4v) is 6.36. The standard InChI is InChI=1S/C35H21N3O/c1-3-15-31-25(10-1)26-11-2-4-16-32(26)37(31)22-8-5-9-23(20-22)39-24-17-18-27-28-12-6-13-29-30-14-7-19-36-35(30)38(34(28)29)33(27)21-24/h1-21H. The lowest BCUT2D eigenvalue weighted by Crippen LogP contribution is -1.94. The van der Waals surface area contributed by atoms with Gasteiger partial charge in [-0.25, -0.2) is 4.98 Å². The van der Waals surface area contributed by atoms with Gasteiger partial charge in [0.25, 0.3) is 0 Å². The molecule has 182 valence electrons. The van der Waals surface area contributed by atoms with Crippen molar-refractivity contribution in [3.05, 3.63) is 128 Å². The Hall–Kier alpha value is -5.35. The fourth-order valence-electron chi connectivity index (χ4n) is 6.36. The summed E-state index contributed by atoms with van der Waals surface area (Å²) in [6.45, 7) is 0. The van der Waals surface area contributed by atoms with E-state index in [-0.39, 0.29) is 0 Å². The number of para-hydroxylation sites is 3. The molecular formula is C35H21N3O. The number of hydrogen-bond acceptors (Lipinski definition) is 2. The molecular weight excluding hydrogens is 478 g/mol.